The van der Waals surface area contributed by atoms with Crippen LogP contribution in [0.25, 0.3) is 28.0 Å². The molecule has 2 aromatic heterocycles. The fourth-order valence-corrected chi connectivity index (χ4v) is 3.82. The second-order valence-corrected chi connectivity index (χ2v) is 7.80. The number of hydrogen-bond donors (Lipinski definition) is 1. The van der Waals surface area contributed by atoms with E-state index in [0.717, 1.165) is 16.8 Å². The summed E-state index contributed by atoms with van der Waals surface area (Å²) in [6.07, 6.45) is 1.96. The summed E-state index contributed by atoms with van der Waals surface area (Å²) in [5.74, 6) is -1.03. The number of nitrogens with one attached hydrogen (secondary N) is 1. The van der Waals surface area contributed by atoms with Crippen molar-refractivity contribution in [3.63, 3.8) is 0 Å². The van der Waals surface area contributed by atoms with E-state index in [-0.39, 0.29) is 31.2 Å². The zero-order chi connectivity index (χ0) is 23.5. The highest BCUT2D eigenvalue weighted by atomic mass is 19.1. The Labute approximate surface area is 194 Å². The van der Waals surface area contributed by atoms with Gasteiger partial charge in [0.25, 0.3) is 0 Å². The summed E-state index contributed by atoms with van der Waals surface area (Å²) >= 11 is 0. The van der Waals surface area contributed by atoms with Gasteiger partial charge < -0.3 is 9.73 Å². The molecular formula is C26H21FN4O3. The molecule has 3 aromatic carbocycles. The van der Waals surface area contributed by atoms with Crippen molar-refractivity contribution in [2.24, 2.45) is 0 Å². The van der Waals surface area contributed by atoms with E-state index in [9.17, 15) is 14.0 Å². The highest BCUT2D eigenvalue weighted by Crippen LogP contribution is 2.24. The Morgan fingerprint density at radius 1 is 0.971 bits per heavy atom. The minimum absolute atomic E-state index is 0.113. The SMILES string of the molecule is O=C(CCn1c(=O)oc2ccccc21)NCc1cn(-c2ccccc2)nc1-c1ccc(F)cc1. The number of aromatic nitrogens is 3. The van der Waals surface area contributed by atoms with Crippen LogP contribution in [0.2, 0.25) is 0 Å². The number of nitrogens with zero attached hydrogens (tertiary/aromatic N) is 3. The van der Waals surface area contributed by atoms with Crippen LogP contribution >= 0.6 is 0 Å². The van der Waals surface area contributed by atoms with Gasteiger partial charge in [-0.25, -0.2) is 13.9 Å². The van der Waals surface area contributed by atoms with Crippen molar-refractivity contribution in [2.45, 2.75) is 19.5 Å². The van der Waals surface area contributed by atoms with Gasteiger partial charge in [-0.1, -0.05) is 30.3 Å². The summed E-state index contributed by atoms with van der Waals surface area (Å²) in [5.41, 5.74) is 4.20. The van der Waals surface area contributed by atoms with E-state index in [1.54, 1.807) is 35.0 Å². The zero-order valence-electron chi connectivity index (χ0n) is 18.1. The Kier molecular flexibility index (Phi) is 5.78. The number of hydrogen-bond acceptors (Lipinski definition) is 4. The fraction of sp³-hybridized carbons (Fsp3) is 0.115. The standard InChI is InChI=1S/C26H21FN4O3/c27-20-12-10-18(11-13-20)25-19(17-31(29-25)21-6-2-1-3-7-21)16-28-24(32)14-15-30-22-8-4-5-9-23(22)34-26(30)33/h1-13,17H,14-16H2,(H,28,32). The van der Waals surface area contributed by atoms with Gasteiger partial charge in [-0.2, -0.15) is 5.10 Å². The lowest BCUT2D eigenvalue weighted by atomic mass is 10.1. The second kappa shape index (κ2) is 9.19. The van der Waals surface area contributed by atoms with Gasteiger partial charge in [-0.05, 0) is 48.5 Å². The minimum atomic E-state index is -0.489. The summed E-state index contributed by atoms with van der Waals surface area (Å²) in [7, 11) is 0. The van der Waals surface area contributed by atoms with Gasteiger partial charge in [0.1, 0.15) is 5.82 Å². The van der Waals surface area contributed by atoms with Crippen molar-refractivity contribution >= 4 is 17.0 Å². The molecule has 0 unspecified atom stereocenters. The molecule has 5 rings (SSSR count). The maximum atomic E-state index is 13.4. The first-order valence-electron chi connectivity index (χ1n) is 10.8. The average molecular weight is 456 g/mol. The third-order valence-electron chi connectivity index (χ3n) is 5.54. The molecule has 34 heavy (non-hydrogen) atoms. The Morgan fingerprint density at radius 3 is 2.50 bits per heavy atom. The number of oxazole rings is 1. The number of amides is 1. The number of benzene rings is 3. The van der Waals surface area contributed by atoms with Crippen LogP contribution in [0, 0.1) is 5.82 Å². The number of fused-ring (bicyclic) bond motifs is 1. The molecule has 170 valence electrons. The van der Waals surface area contributed by atoms with E-state index < -0.39 is 5.76 Å². The Balaban J connectivity index is 1.33. The maximum Gasteiger partial charge on any atom is 0.419 e. The predicted octanol–water partition coefficient (Wildman–Crippen LogP) is 4.29. The van der Waals surface area contributed by atoms with Crippen LogP contribution in [0.15, 0.2) is 94.3 Å². The fourth-order valence-electron chi connectivity index (χ4n) is 3.82. The van der Waals surface area contributed by atoms with Crippen molar-refractivity contribution in [2.75, 3.05) is 0 Å². The molecule has 0 aliphatic rings. The molecule has 0 bridgehead atoms. The van der Waals surface area contributed by atoms with Crippen LogP contribution in [0.3, 0.4) is 0 Å². The van der Waals surface area contributed by atoms with Crippen LogP contribution < -0.4 is 11.1 Å². The van der Waals surface area contributed by atoms with Crippen LogP contribution in [0.4, 0.5) is 4.39 Å². The smallest absolute Gasteiger partial charge is 0.408 e. The molecule has 0 spiro atoms. The molecule has 2 heterocycles. The molecule has 0 saturated heterocycles. The molecule has 0 aliphatic heterocycles. The molecule has 5 aromatic rings. The van der Waals surface area contributed by atoms with Gasteiger partial charge in [0, 0.05) is 36.8 Å². The average Bonchev–Trinajstić information content (AvgIpc) is 3.43. The highest BCUT2D eigenvalue weighted by Gasteiger charge is 2.15. The van der Waals surface area contributed by atoms with Crippen molar-refractivity contribution in [1.82, 2.24) is 19.7 Å². The normalized spacial score (nSPS) is 11.1. The number of rotatable bonds is 7. The summed E-state index contributed by atoms with van der Waals surface area (Å²) in [4.78, 5) is 24.7. The number of halogens is 1. The predicted molar refractivity (Wildman–Crippen MR) is 126 cm³/mol. The minimum Gasteiger partial charge on any atom is -0.408 e. The summed E-state index contributed by atoms with van der Waals surface area (Å²) in [6.45, 7) is 0.440. The van der Waals surface area contributed by atoms with E-state index in [2.05, 4.69) is 10.4 Å². The first kappa shape index (κ1) is 21.4. The molecule has 0 atom stereocenters. The van der Waals surface area contributed by atoms with Gasteiger partial charge in [0.2, 0.25) is 5.91 Å². The van der Waals surface area contributed by atoms with Crippen molar-refractivity contribution in [3.05, 3.63) is 107 Å². The highest BCUT2D eigenvalue weighted by molar-refractivity contribution is 5.77. The summed E-state index contributed by atoms with van der Waals surface area (Å²) in [5, 5.41) is 7.58. The van der Waals surface area contributed by atoms with Crippen LogP contribution in [-0.2, 0) is 17.9 Å². The molecule has 0 fully saturated rings. The van der Waals surface area contributed by atoms with Crippen LogP contribution in [0.5, 0.6) is 0 Å². The van der Waals surface area contributed by atoms with Gasteiger partial charge in [0.15, 0.2) is 5.58 Å². The van der Waals surface area contributed by atoms with Crippen molar-refractivity contribution in [3.8, 4) is 16.9 Å². The number of aryl methyl sites for hydroxylation is 1. The lowest BCUT2D eigenvalue weighted by Crippen LogP contribution is -2.25. The zero-order valence-corrected chi connectivity index (χ0v) is 18.1. The van der Waals surface area contributed by atoms with E-state index in [4.69, 9.17) is 4.42 Å². The van der Waals surface area contributed by atoms with Crippen LogP contribution in [-0.4, -0.2) is 20.3 Å². The van der Waals surface area contributed by atoms with E-state index in [1.807, 2.05) is 42.6 Å². The summed E-state index contributed by atoms with van der Waals surface area (Å²) < 4.78 is 21.8. The quantitative estimate of drug-likeness (QED) is 0.396. The number of carbonyl (C=O) groups is 1. The van der Waals surface area contributed by atoms with Gasteiger partial charge in [-0.15, -0.1) is 0 Å². The summed E-state index contributed by atoms with van der Waals surface area (Å²) in [6, 6.07) is 22.8. The van der Waals surface area contributed by atoms with Crippen LogP contribution in [0.1, 0.15) is 12.0 Å². The molecule has 1 N–H and O–H groups in total. The maximum absolute atomic E-state index is 13.4. The molecular weight excluding hydrogens is 435 g/mol. The molecule has 7 nitrogen and oxygen atoms in total. The molecule has 8 heteroatoms. The van der Waals surface area contributed by atoms with E-state index in [0.29, 0.717) is 16.8 Å². The third kappa shape index (κ3) is 4.38. The van der Waals surface area contributed by atoms with Gasteiger partial charge in [0.05, 0.1) is 16.9 Å². The van der Waals surface area contributed by atoms with Gasteiger partial charge >= 0.3 is 5.76 Å². The molecule has 0 saturated carbocycles. The first-order valence-corrected chi connectivity index (χ1v) is 10.8. The Hall–Kier alpha value is -4.46. The number of carbonyl (C=O) groups excluding carboxylic acids is 1. The van der Waals surface area contributed by atoms with Gasteiger partial charge in [-0.3, -0.25) is 9.36 Å². The lowest BCUT2D eigenvalue weighted by Gasteiger charge is -2.06. The Morgan fingerprint density at radius 2 is 1.71 bits per heavy atom. The molecule has 0 aliphatic carbocycles. The second-order valence-electron chi connectivity index (χ2n) is 7.80. The molecule has 1 amide bonds. The largest absolute Gasteiger partial charge is 0.419 e. The Bertz CT molecular complexity index is 1500. The third-order valence-corrected chi connectivity index (χ3v) is 5.54. The van der Waals surface area contributed by atoms with E-state index >= 15 is 0 Å². The monoisotopic (exact) mass is 456 g/mol. The first-order chi connectivity index (χ1) is 16.6. The molecule has 0 radical (unpaired) electrons. The topological polar surface area (TPSA) is 82.1 Å². The van der Waals surface area contributed by atoms with Crippen molar-refractivity contribution < 1.29 is 13.6 Å². The van der Waals surface area contributed by atoms with E-state index in [1.165, 1.54) is 16.7 Å². The van der Waals surface area contributed by atoms with Crippen molar-refractivity contribution in [1.29, 1.82) is 0 Å². The number of para-hydroxylation sites is 3. The lowest BCUT2D eigenvalue weighted by molar-refractivity contribution is -0.121.